The maximum atomic E-state index is 11.7. The van der Waals surface area contributed by atoms with Gasteiger partial charge in [-0.25, -0.2) is 0 Å². The van der Waals surface area contributed by atoms with Gasteiger partial charge >= 0.3 is 19.5 Å². The Morgan fingerprint density at radius 3 is 1.02 bits per heavy atom. The first kappa shape index (κ1) is 51.3. The van der Waals surface area contributed by atoms with E-state index in [-0.39, 0.29) is 64.7 Å². The number of carbonyl (C=O) groups is 4. The largest absolute Gasteiger partial charge is 2.00 e. The van der Waals surface area contributed by atoms with Crippen molar-refractivity contribution in [3.8, 4) is 0 Å². The van der Waals surface area contributed by atoms with E-state index in [0.29, 0.717) is 11.1 Å². The molecule has 0 saturated heterocycles. The third kappa shape index (κ3) is 18.1. The van der Waals surface area contributed by atoms with Crippen molar-refractivity contribution in [2.75, 3.05) is 26.2 Å². The topological polar surface area (TPSA) is 299 Å². The Labute approximate surface area is 317 Å². The molecule has 2 aromatic carbocycles. The van der Waals surface area contributed by atoms with Gasteiger partial charge in [-0.1, -0.05) is 0 Å². The number of nitro groups is 2. The molecular weight excluding hydrogens is 750 g/mol. The Kier molecular flexibility index (Phi) is 26.8. The van der Waals surface area contributed by atoms with E-state index in [9.17, 15) is 49.6 Å². The van der Waals surface area contributed by atoms with Crippen molar-refractivity contribution in [2.24, 2.45) is 0 Å². The Balaban J connectivity index is -0.000000618. The van der Waals surface area contributed by atoms with Crippen molar-refractivity contribution >= 4 is 35.1 Å². The van der Waals surface area contributed by atoms with Gasteiger partial charge in [0.1, 0.15) is 0 Å². The quantitative estimate of drug-likeness (QED) is 0.0947. The standard InChI is InChI=1S/2C10H14N2O.2C7H5NO4.2H2O.Zn/c2*1-3-12(4-2)10(13)9-6-5-7-11-8-9;2*9-7(10)5-1-3-6(4-2-5)8(11)12;;;/h2*5-8H,3-4H2,1-2H3;2*1-4H,(H,9,10);2*1H2;/q;;;;;;+2. The minimum Gasteiger partial charge on any atom is -0.545 e. The maximum Gasteiger partial charge on any atom is 2.00 e. The molecule has 0 bridgehead atoms. The normalized spacial score (nSPS) is 8.98. The summed E-state index contributed by atoms with van der Waals surface area (Å²) in [4.78, 5) is 74.2. The first-order valence-corrected chi connectivity index (χ1v) is 15.1. The van der Waals surface area contributed by atoms with Crippen LogP contribution in [0.2, 0.25) is 0 Å². The van der Waals surface area contributed by atoms with Crippen molar-refractivity contribution in [2.45, 2.75) is 27.7 Å². The predicted octanol–water partition coefficient (Wildman–Crippen LogP) is 1.20. The van der Waals surface area contributed by atoms with Crippen molar-refractivity contribution in [3.05, 3.63) is 140 Å². The van der Waals surface area contributed by atoms with Crippen LogP contribution in [0.4, 0.5) is 11.4 Å². The zero-order chi connectivity index (χ0) is 37.6. The molecule has 0 saturated carbocycles. The number of aromatic nitrogens is 2. The summed E-state index contributed by atoms with van der Waals surface area (Å²) >= 11 is 0. The molecule has 280 valence electrons. The number of carbonyl (C=O) groups excluding carboxylic acids is 4. The summed E-state index contributed by atoms with van der Waals surface area (Å²) < 4.78 is 0. The number of non-ortho nitro benzene ring substituents is 2. The molecule has 0 fully saturated rings. The fraction of sp³-hybridized carbons (Fsp3) is 0.235. The molecule has 0 spiro atoms. The Morgan fingerprint density at radius 1 is 0.547 bits per heavy atom. The summed E-state index contributed by atoms with van der Waals surface area (Å²) in [7, 11) is 0. The number of pyridine rings is 2. The molecule has 0 aliphatic rings. The second-order valence-corrected chi connectivity index (χ2v) is 9.62. The van der Waals surface area contributed by atoms with E-state index >= 15 is 0 Å². The summed E-state index contributed by atoms with van der Waals surface area (Å²) in [5, 5.41) is 40.7. The molecule has 0 aliphatic carbocycles. The number of carboxylic acid groups (broad SMARTS) is 2. The summed E-state index contributed by atoms with van der Waals surface area (Å²) in [5.74, 6) is -2.58. The first-order chi connectivity index (χ1) is 23.8. The van der Waals surface area contributed by atoms with Gasteiger partial charge in [0.15, 0.2) is 0 Å². The van der Waals surface area contributed by atoms with Crippen molar-refractivity contribution in [1.29, 1.82) is 0 Å². The fourth-order valence-electron chi connectivity index (χ4n) is 3.80. The minimum absolute atomic E-state index is 0. The zero-order valence-electron chi connectivity index (χ0n) is 29.7. The van der Waals surface area contributed by atoms with E-state index < -0.39 is 21.8 Å². The van der Waals surface area contributed by atoms with Crippen LogP contribution in [0.15, 0.2) is 97.6 Å². The van der Waals surface area contributed by atoms with Crippen LogP contribution in [0.5, 0.6) is 0 Å². The predicted molar refractivity (Wildman–Crippen MR) is 188 cm³/mol. The Hall–Kier alpha value is -6.04. The third-order valence-corrected chi connectivity index (χ3v) is 6.55. The fourth-order valence-corrected chi connectivity index (χ4v) is 3.80. The van der Waals surface area contributed by atoms with Gasteiger partial charge in [-0.2, -0.15) is 0 Å². The number of hydrogen-bond donors (Lipinski definition) is 0. The molecule has 2 amide bonds. The molecule has 19 heteroatoms. The van der Waals surface area contributed by atoms with Crippen LogP contribution in [-0.2, 0) is 30.4 Å². The average Bonchev–Trinajstić information content (AvgIpc) is 3.14. The summed E-state index contributed by atoms with van der Waals surface area (Å²) in [6.45, 7) is 10.8. The van der Waals surface area contributed by atoms with Gasteiger partial charge in [0.25, 0.3) is 23.2 Å². The molecule has 2 aromatic heterocycles. The third-order valence-electron chi connectivity index (χ3n) is 6.55. The van der Waals surface area contributed by atoms with Gasteiger partial charge in [-0.05, 0) is 87.4 Å². The van der Waals surface area contributed by atoms with Crippen molar-refractivity contribution < 1.29 is 69.7 Å². The van der Waals surface area contributed by atoms with E-state index in [4.69, 9.17) is 0 Å². The molecule has 0 unspecified atom stereocenters. The van der Waals surface area contributed by atoms with Crippen LogP contribution in [0.1, 0.15) is 69.1 Å². The molecular formula is C34H42N6O12Zn+2. The van der Waals surface area contributed by atoms with E-state index in [0.717, 1.165) is 74.7 Å². The van der Waals surface area contributed by atoms with Crippen LogP contribution in [0.25, 0.3) is 0 Å². The van der Waals surface area contributed by atoms with Crippen LogP contribution >= 0.6 is 0 Å². The van der Waals surface area contributed by atoms with Crippen LogP contribution in [-0.4, -0.2) is 79.5 Å². The van der Waals surface area contributed by atoms with Crippen LogP contribution in [0, 0.1) is 20.2 Å². The molecule has 18 nitrogen and oxygen atoms in total. The molecule has 0 aliphatic heterocycles. The minimum atomic E-state index is -1.34. The average molecular weight is 792 g/mol. The summed E-state index contributed by atoms with van der Waals surface area (Å²) in [5.41, 5.74) is 0.901. The van der Waals surface area contributed by atoms with Gasteiger partial charge in [0, 0.05) is 75.2 Å². The second-order valence-electron chi connectivity index (χ2n) is 9.62. The number of hydrogen-bond acceptors (Lipinski definition) is 12. The number of aromatic carboxylic acids is 2. The Morgan fingerprint density at radius 2 is 0.830 bits per heavy atom. The zero-order valence-corrected chi connectivity index (χ0v) is 32.7. The second kappa shape index (κ2) is 27.7. The Bertz CT molecular complexity index is 1500. The summed E-state index contributed by atoms with van der Waals surface area (Å²) in [6, 6.07) is 16.1. The van der Waals surface area contributed by atoms with Gasteiger partial charge in [-0.3, -0.25) is 39.8 Å². The number of nitrogens with zero attached hydrogens (tertiary/aromatic N) is 6. The molecule has 4 rings (SSSR count). The number of benzene rings is 2. The van der Waals surface area contributed by atoms with Gasteiger partial charge in [0.05, 0.1) is 32.9 Å². The monoisotopic (exact) mass is 790 g/mol. The van der Waals surface area contributed by atoms with Gasteiger partial charge < -0.3 is 40.6 Å². The van der Waals surface area contributed by atoms with Crippen LogP contribution in [0.3, 0.4) is 0 Å². The van der Waals surface area contributed by atoms with E-state index in [1.165, 1.54) is 0 Å². The number of carboxylic acids is 2. The SMILES string of the molecule is CCN(CC)C(=O)c1cccnc1.CCN(CC)C(=O)c1cccnc1.O=C([O-])c1ccc([N+](=O)[O-])cc1.O=C([O-])c1ccc([N+](=O)[O-])cc1.[OH3+].[OH3+].[Zn+2]. The molecule has 6 N–H and O–H groups in total. The van der Waals surface area contributed by atoms with Crippen LogP contribution < -0.4 is 10.2 Å². The molecule has 0 radical (unpaired) electrons. The first-order valence-electron chi connectivity index (χ1n) is 15.1. The molecule has 0 atom stereocenters. The smallest absolute Gasteiger partial charge is 0.545 e. The van der Waals surface area contributed by atoms with Gasteiger partial charge in [-0.15, -0.1) is 0 Å². The van der Waals surface area contributed by atoms with Gasteiger partial charge in [0.2, 0.25) is 0 Å². The van der Waals surface area contributed by atoms with E-state index in [1.54, 1.807) is 58.9 Å². The molecule has 53 heavy (non-hydrogen) atoms. The molecule has 4 aromatic rings. The number of rotatable bonds is 10. The number of amides is 2. The molecule has 2 heterocycles. The number of nitro benzene ring substituents is 2. The van der Waals surface area contributed by atoms with E-state index in [1.807, 2.05) is 27.7 Å². The van der Waals surface area contributed by atoms with E-state index in [2.05, 4.69) is 9.97 Å². The van der Waals surface area contributed by atoms with Crippen molar-refractivity contribution in [1.82, 2.24) is 19.8 Å². The maximum absolute atomic E-state index is 11.7. The van der Waals surface area contributed by atoms with Crippen molar-refractivity contribution in [3.63, 3.8) is 0 Å². The summed E-state index contributed by atoms with van der Waals surface area (Å²) in [6.07, 6.45) is 6.53.